The molecule has 0 aliphatic heterocycles. The minimum atomic E-state index is 0.124. The van der Waals surface area contributed by atoms with Crippen LogP contribution in [0.25, 0.3) is 11.4 Å². The zero-order valence-corrected chi connectivity index (χ0v) is 18.9. The molecule has 0 spiro atoms. The predicted octanol–water partition coefficient (Wildman–Crippen LogP) is 4.70. The van der Waals surface area contributed by atoms with Crippen molar-refractivity contribution in [2.75, 3.05) is 12.3 Å². The minimum Gasteiger partial charge on any atom is -0.355 e. The first-order chi connectivity index (χ1) is 14.5. The highest BCUT2D eigenvalue weighted by molar-refractivity contribution is 7.99. The van der Waals surface area contributed by atoms with E-state index in [0.717, 1.165) is 47.4 Å². The minimum absolute atomic E-state index is 0.124. The molecular formula is C24H32N4OS. The molecule has 160 valence electrons. The van der Waals surface area contributed by atoms with Crippen LogP contribution >= 0.6 is 11.8 Å². The van der Waals surface area contributed by atoms with Gasteiger partial charge >= 0.3 is 0 Å². The van der Waals surface area contributed by atoms with Gasteiger partial charge < -0.3 is 9.88 Å². The largest absolute Gasteiger partial charge is 0.355 e. The fourth-order valence-corrected chi connectivity index (χ4v) is 7.51. The van der Waals surface area contributed by atoms with Crippen molar-refractivity contribution >= 4 is 17.7 Å². The Kier molecular flexibility index (Phi) is 5.38. The van der Waals surface area contributed by atoms with Crippen molar-refractivity contribution in [2.45, 2.75) is 64.1 Å². The molecule has 4 fully saturated rings. The number of thioether (sulfide) groups is 1. The fraction of sp³-hybridized carbons (Fsp3) is 0.625. The van der Waals surface area contributed by atoms with Gasteiger partial charge in [0.2, 0.25) is 5.91 Å². The zero-order chi connectivity index (χ0) is 20.7. The molecule has 6 heteroatoms. The smallest absolute Gasteiger partial charge is 0.230 e. The second-order valence-electron chi connectivity index (χ2n) is 9.85. The summed E-state index contributed by atoms with van der Waals surface area (Å²) in [5.41, 5.74) is 2.67. The first kappa shape index (κ1) is 20.1. The lowest BCUT2D eigenvalue weighted by Crippen LogP contribution is -2.51. The third-order valence-electron chi connectivity index (χ3n) is 7.58. The van der Waals surface area contributed by atoms with Gasteiger partial charge in [-0.15, -0.1) is 10.2 Å². The van der Waals surface area contributed by atoms with Crippen LogP contribution in [0.5, 0.6) is 0 Å². The first-order valence-corrected chi connectivity index (χ1v) is 12.4. The Morgan fingerprint density at radius 2 is 1.80 bits per heavy atom. The molecule has 1 N–H and O–H groups in total. The maximum absolute atomic E-state index is 12.7. The lowest BCUT2D eigenvalue weighted by Gasteiger charge is -2.56. The molecule has 1 aromatic carbocycles. The number of aryl methyl sites for hydroxylation is 1. The van der Waals surface area contributed by atoms with Gasteiger partial charge in [0.1, 0.15) is 0 Å². The lowest BCUT2D eigenvalue weighted by molar-refractivity contribution is -0.120. The molecule has 1 heterocycles. The molecule has 6 rings (SSSR count). The average molecular weight is 425 g/mol. The Labute approximate surface area is 183 Å². The van der Waals surface area contributed by atoms with E-state index in [1.54, 1.807) is 0 Å². The fourth-order valence-electron chi connectivity index (χ4n) is 6.68. The highest BCUT2D eigenvalue weighted by Crippen LogP contribution is 2.59. The zero-order valence-electron chi connectivity index (χ0n) is 18.1. The van der Waals surface area contributed by atoms with Crippen molar-refractivity contribution in [3.05, 3.63) is 29.8 Å². The van der Waals surface area contributed by atoms with Crippen molar-refractivity contribution < 1.29 is 4.79 Å². The third kappa shape index (κ3) is 3.79. The molecule has 1 amide bonds. The predicted molar refractivity (Wildman–Crippen MR) is 120 cm³/mol. The van der Waals surface area contributed by atoms with E-state index in [0.29, 0.717) is 11.2 Å². The molecule has 4 aliphatic rings. The molecule has 0 saturated heterocycles. The van der Waals surface area contributed by atoms with Crippen molar-refractivity contribution in [3.63, 3.8) is 0 Å². The maximum atomic E-state index is 12.7. The van der Waals surface area contributed by atoms with E-state index >= 15 is 0 Å². The van der Waals surface area contributed by atoms with Gasteiger partial charge in [0.05, 0.1) is 5.75 Å². The highest BCUT2D eigenvalue weighted by Gasteiger charge is 2.50. The maximum Gasteiger partial charge on any atom is 0.230 e. The second-order valence-corrected chi connectivity index (χ2v) is 10.8. The summed E-state index contributed by atoms with van der Waals surface area (Å²) >= 11 is 1.50. The molecule has 0 radical (unpaired) electrons. The number of nitrogens with one attached hydrogen (secondary N) is 1. The summed E-state index contributed by atoms with van der Waals surface area (Å²) in [7, 11) is 0. The number of rotatable bonds is 7. The summed E-state index contributed by atoms with van der Waals surface area (Å²) < 4.78 is 2.11. The van der Waals surface area contributed by atoms with Gasteiger partial charge in [0, 0.05) is 18.7 Å². The van der Waals surface area contributed by atoms with Gasteiger partial charge in [-0.05, 0) is 81.1 Å². The average Bonchev–Trinajstić information content (AvgIpc) is 3.13. The molecule has 4 bridgehead atoms. The van der Waals surface area contributed by atoms with Crippen molar-refractivity contribution in [1.82, 2.24) is 20.1 Å². The summed E-state index contributed by atoms with van der Waals surface area (Å²) in [6.07, 6.45) is 8.32. The van der Waals surface area contributed by atoms with Gasteiger partial charge in [-0.25, -0.2) is 0 Å². The van der Waals surface area contributed by atoms with Gasteiger partial charge in [0.15, 0.2) is 11.0 Å². The molecular weight excluding hydrogens is 392 g/mol. The van der Waals surface area contributed by atoms with Crippen LogP contribution in [0.4, 0.5) is 0 Å². The first-order valence-electron chi connectivity index (χ1n) is 11.4. The normalized spacial score (nSPS) is 29.3. The monoisotopic (exact) mass is 424 g/mol. The molecule has 30 heavy (non-hydrogen) atoms. The van der Waals surface area contributed by atoms with Crippen LogP contribution in [0, 0.1) is 30.1 Å². The highest BCUT2D eigenvalue weighted by atomic mass is 32.2. The van der Waals surface area contributed by atoms with Gasteiger partial charge in [-0.2, -0.15) is 0 Å². The molecule has 0 atom stereocenters. The molecule has 1 aromatic heterocycles. The molecule has 2 aromatic rings. The van der Waals surface area contributed by atoms with Crippen LogP contribution in [-0.2, 0) is 11.3 Å². The number of hydrogen-bond acceptors (Lipinski definition) is 4. The summed E-state index contributed by atoms with van der Waals surface area (Å²) in [5, 5.41) is 12.9. The van der Waals surface area contributed by atoms with Crippen LogP contribution in [0.3, 0.4) is 0 Å². The van der Waals surface area contributed by atoms with Crippen LogP contribution in [0.2, 0.25) is 0 Å². The second kappa shape index (κ2) is 8.03. The summed E-state index contributed by atoms with van der Waals surface area (Å²) in [6, 6.07) is 8.24. The molecule has 0 unspecified atom stereocenters. The van der Waals surface area contributed by atoms with Gasteiger partial charge in [-0.3, -0.25) is 4.79 Å². The number of carbonyl (C=O) groups excluding carboxylic acids is 1. The standard InChI is InChI=1S/C24H32N4OS/c1-3-28-22(20-7-5-4-6-16(20)2)26-27-23(28)30-14-21(29)25-15-24-11-17-8-18(12-24)10-19(9-17)13-24/h4-7,17-19H,3,8-15H2,1-2H3,(H,25,29). The topological polar surface area (TPSA) is 59.8 Å². The van der Waals surface area contributed by atoms with Crippen LogP contribution < -0.4 is 5.32 Å². The quantitative estimate of drug-likeness (QED) is 0.655. The molecule has 5 nitrogen and oxygen atoms in total. The number of carbonyl (C=O) groups is 1. The third-order valence-corrected chi connectivity index (χ3v) is 8.54. The Morgan fingerprint density at radius 1 is 1.13 bits per heavy atom. The lowest BCUT2D eigenvalue weighted by atomic mass is 9.49. The Balaban J connectivity index is 1.20. The molecule has 4 aliphatic carbocycles. The van der Waals surface area contributed by atoms with E-state index in [2.05, 4.69) is 46.1 Å². The van der Waals surface area contributed by atoms with Crippen LogP contribution in [0.15, 0.2) is 29.4 Å². The summed E-state index contributed by atoms with van der Waals surface area (Å²) in [4.78, 5) is 12.7. The van der Waals surface area contributed by atoms with E-state index in [4.69, 9.17) is 0 Å². The Bertz CT molecular complexity index is 902. The van der Waals surface area contributed by atoms with Gasteiger partial charge in [0.25, 0.3) is 0 Å². The van der Waals surface area contributed by atoms with Gasteiger partial charge in [-0.1, -0.05) is 36.0 Å². The summed E-state index contributed by atoms with van der Waals surface area (Å²) in [6.45, 7) is 5.84. The number of amides is 1. The van der Waals surface area contributed by atoms with E-state index < -0.39 is 0 Å². The van der Waals surface area contributed by atoms with Crippen LogP contribution in [-0.4, -0.2) is 33.0 Å². The SMILES string of the molecule is CCn1c(SCC(=O)NCC23CC4CC(CC(C4)C2)C3)nnc1-c1ccccc1C. The van der Waals surface area contributed by atoms with Crippen molar-refractivity contribution in [3.8, 4) is 11.4 Å². The van der Waals surface area contributed by atoms with Crippen LogP contribution in [0.1, 0.15) is 51.0 Å². The Morgan fingerprint density at radius 3 is 2.43 bits per heavy atom. The Hall–Kier alpha value is -1.82. The van der Waals surface area contributed by atoms with E-state index in [-0.39, 0.29) is 5.91 Å². The van der Waals surface area contributed by atoms with Crippen molar-refractivity contribution in [2.24, 2.45) is 23.2 Å². The number of benzene rings is 1. The number of aromatic nitrogens is 3. The number of nitrogens with zero attached hydrogens (tertiary/aromatic N) is 3. The van der Waals surface area contributed by atoms with E-state index in [1.165, 1.54) is 55.9 Å². The van der Waals surface area contributed by atoms with Crippen molar-refractivity contribution in [1.29, 1.82) is 0 Å². The summed E-state index contributed by atoms with van der Waals surface area (Å²) in [5.74, 6) is 4.17. The number of hydrogen-bond donors (Lipinski definition) is 1. The van der Waals surface area contributed by atoms with E-state index in [9.17, 15) is 4.79 Å². The molecule has 4 saturated carbocycles. The van der Waals surface area contributed by atoms with E-state index in [1.807, 2.05) is 12.1 Å².